The zero-order chi connectivity index (χ0) is 13.4. The van der Waals surface area contributed by atoms with Gasteiger partial charge >= 0.3 is 0 Å². The van der Waals surface area contributed by atoms with E-state index in [0.29, 0.717) is 11.8 Å². The molecule has 0 unspecified atom stereocenters. The van der Waals surface area contributed by atoms with Gasteiger partial charge in [0.25, 0.3) is 0 Å². The molecule has 3 N–H and O–H groups in total. The van der Waals surface area contributed by atoms with E-state index in [1.54, 1.807) is 19.2 Å². The number of hydrogen-bond donors (Lipinski definition) is 3. The minimum absolute atomic E-state index is 0. The largest absolute Gasteiger partial charge is 0.508 e. The van der Waals surface area contributed by atoms with Gasteiger partial charge in [0.15, 0.2) is 5.96 Å². The van der Waals surface area contributed by atoms with Crippen molar-refractivity contribution in [2.24, 2.45) is 4.99 Å². The number of rotatable bonds is 5. The maximum Gasteiger partial charge on any atom is 0.191 e. The first-order valence-electron chi connectivity index (χ1n) is 6.37. The quantitative estimate of drug-likeness (QED) is 0.320. The van der Waals surface area contributed by atoms with Crippen LogP contribution in [0.15, 0.2) is 29.3 Å². The third-order valence-electron chi connectivity index (χ3n) is 2.52. The molecular formula is C14H24IN3O. The SMILES string of the molecule is CN=C(NCCCc1ccc(O)cc1)NC(C)C.I. The average Bonchev–Trinajstić information content (AvgIpc) is 2.34. The molecule has 0 aliphatic rings. The molecule has 0 fully saturated rings. The number of nitrogens with zero attached hydrogens (tertiary/aromatic N) is 1. The summed E-state index contributed by atoms with van der Waals surface area (Å²) in [5, 5.41) is 15.7. The van der Waals surface area contributed by atoms with Crippen LogP contribution in [0.2, 0.25) is 0 Å². The number of nitrogens with one attached hydrogen (secondary N) is 2. The van der Waals surface area contributed by atoms with Crippen molar-refractivity contribution in [3.05, 3.63) is 29.8 Å². The smallest absolute Gasteiger partial charge is 0.191 e. The van der Waals surface area contributed by atoms with E-state index in [2.05, 4.69) is 29.5 Å². The standard InChI is InChI=1S/C14H23N3O.HI/c1-11(2)17-14(15-3)16-10-4-5-12-6-8-13(18)9-7-12;/h6-9,11,18H,4-5,10H2,1-3H3,(H2,15,16,17);1H. The minimum Gasteiger partial charge on any atom is -0.508 e. The lowest BCUT2D eigenvalue weighted by Crippen LogP contribution is -2.41. The Morgan fingerprint density at radius 1 is 1.26 bits per heavy atom. The van der Waals surface area contributed by atoms with Crippen molar-refractivity contribution in [2.75, 3.05) is 13.6 Å². The van der Waals surface area contributed by atoms with Crippen LogP contribution in [0, 0.1) is 0 Å². The van der Waals surface area contributed by atoms with E-state index >= 15 is 0 Å². The third-order valence-corrected chi connectivity index (χ3v) is 2.52. The molecule has 0 heterocycles. The zero-order valence-corrected chi connectivity index (χ0v) is 14.1. The molecule has 1 rings (SSSR count). The van der Waals surface area contributed by atoms with E-state index < -0.39 is 0 Å². The Balaban J connectivity index is 0.00000324. The molecule has 0 saturated heterocycles. The van der Waals surface area contributed by atoms with Gasteiger partial charge in [-0.05, 0) is 44.4 Å². The number of aryl methyl sites for hydroxylation is 1. The fraction of sp³-hybridized carbons (Fsp3) is 0.500. The number of hydrogen-bond acceptors (Lipinski definition) is 2. The molecule has 0 amide bonds. The van der Waals surface area contributed by atoms with E-state index in [1.165, 1.54) is 5.56 Å². The molecule has 0 radical (unpaired) electrons. The van der Waals surface area contributed by atoms with E-state index in [-0.39, 0.29) is 24.0 Å². The van der Waals surface area contributed by atoms with Crippen LogP contribution in [0.3, 0.4) is 0 Å². The van der Waals surface area contributed by atoms with E-state index in [1.807, 2.05) is 12.1 Å². The van der Waals surface area contributed by atoms with E-state index in [0.717, 1.165) is 25.3 Å². The Hall–Kier alpha value is -0.980. The lowest BCUT2D eigenvalue weighted by Gasteiger charge is -2.14. The van der Waals surface area contributed by atoms with Crippen LogP contribution in [0.1, 0.15) is 25.8 Å². The monoisotopic (exact) mass is 377 g/mol. The average molecular weight is 377 g/mol. The highest BCUT2D eigenvalue weighted by Crippen LogP contribution is 2.10. The molecule has 0 aliphatic heterocycles. The number of phenolic OH excluding ortho intramolecular Hbond substituents is 1. The predicted molar refractivity (Wildman–Crippen MR) is 91.5 cm³/mol. The van der Waals surface area contributed by atoms with Gasteiger partial charge in [0, 0.05) is 19.6 Å². The molecule has 5 heteroatoms. The van der Waals surface area contributed by atoms with Gasteiger partial charge in [-0.1, -0.05) is 12.1 Å². The Bertz CT molecular complexity index is 377. The topological polar surface area (TPSA) is 56.7 Å². The summed E-state index contributed by atoms with van der Waals surface area (Å²) in [5.74, 6) is 1.16. The first-order chi connectivity index (χ1) is 8.61. The Kier molecular flexibility index (Phi) is 9.38. The minimum atomic E-state index is 0. The lowest BCUT2D eigenvalue weighted by atomic mass is 10.1. The predicted octanol–water partition coefficient (Wildman–Crippen LogP) is 2.52. The number of phenols is 1. The van der Waals surface area contributed by atoms with Gasteiger partial charge in [-0.3, -0.25) is 4.99 Å². The molecule has 0 saturated carbocycles. The lowest BCUT2D eigenvalue weighted by molar-refractivity contribution is 0.475. The zero-order valence-electron chi connectivity index (χ0n) is 11.8. The van der Waals surface area contributed by atoms with Crippen molar-refractivity contribution in [2.45, 2.75) is 32.7 Å². The summed E-state index contributed by atoms with van der Waals surface area (Å²) in [6.45, 7) is 5.06. The van der Waals surface area contributed by atoms with E-state index in [9.17, 15) is 5.11 Å². The summed E-state index contributed by atoms with van der Waals surface area (Å²) < 4.78 is 0. The summed E-state index contributed by atoms with van der Waals surface area (Å²) in [6, 6.07) is 7.74. The van der Waals surface area contributed by atoms with Gasteiger partial charge in [-0.15, -0.1) is 24.0 Å². The highest BCUT2D eigenvalue weighted by molar-refractivity contribution is 14.0. The van der Waals surface area contributed by atoms with Crippen LogP contribution >= 0.6 is 24.0 Å². The second-order valence-corrected chi connectivity index (χ2v) is 4.57. The molecule has 19 heavy (non-hydrogen) atoms. The van der Waals surface area contributed by atoms with Crippen LogP contribution < -0.4 is 10.6 Å². The maximum atomic E-state index is 9.18. The van der Waals surface area contributed by atoms with Crippen LogP contribution in [-0.2, 0) is 6.42 Å². The second kappa shape index (κ2) is 9.89. The fourth-order valence-corrected chi connectivity index (χ4v) is 1.63. The Morgan fingerprint density at radius 3 is 2.42 bits per heavy atom. The van der Waals surface area contributed by atoms with Crippen LogP contribution in [0.25, 0.3) is 0 Å². The number of benzene rings is 1. The van der Waals surface area contributed by atoms with Crippen molar-refractivity contribution < 1.29 is 5.11 Å². The Morgan fingerprint density at radius 2 is 1.89 bits per heavy atom. The highest BCUT2D eigenvalue weighted by Gasteiger charge is 1.99. The normalized spacial score (nSPS) is 11.1. The molecule has 0 aromatic heterocycles. The number of guanidine groups is 1. The molecule has 108 valence electrons. The molecular weight excluding hydrogens is 353 g/mol. The van der Waals surface area contributed by atoms with Gasteiger partial charge in [-0.25, -0.2) is 0 Å². The molecule has 4 nitrogen and oxygen atoms in total. The van der Waals surface area contributed by atoms with Crippen LogP contribution in [0.4, 0.5) is 0 Å². The van der Waals surface area contributed by atoms with Crippen molar-refractivity contribution in [3.8, 4) is 5.75 Å². The maximum absolute atomic E-state index is 9.18. The summed E-state index contributed by atoms with van der Waals surface area (Å²) in [4.78, 5) is 4.15. The van der Waals surface area contributed by atoms with E-state index in [4.69, 9.17) is 0 Å². The van der Waals surface area contributed by atoms with Gasteiger partial charge in [0.05, 0.1) is 0 Å². The van der Waals surface area contributed by atoms with Gasteiger partial charge in [0.2, 0.25) is 0 Å². The number of halogens is 1. The number of aliphatic imine (C=N–C) groups is 1. The van der Waals surface area contributed by atoms with Crippen molar-refractivity contribution in [1.82, 2.24) is 10.6 Å². The van der Waals surface area contributed by atoms with Crippen molar-refractivity contribution in [1.29, 1.82) is 0 Å². The molecule has 1 aromatic carbocycles. The second-order valence-electron chi connectivity index (χ2n) is 4.57. The Labute approximate surface area is 132 Å². The van der Waals surface area contributed by atoms with Crippen LogP contribution in [-0.4, -0.2) is 30.7 Å². The fourth-order valence-electron chi connectivity index (χ4n) is 1.63. The van der Waals surface area contributed by atoms with Crippen molar-refractivity contribution >= 4 is 29.9 Å². The summed E-state index contributed by atoms with van der Waals surface area (Å²) in [6.07, 6.45) is 2.02. The third kappa shape index (κ3) is 7.92. The number of aromatic hydroxyl groups is 1. The highest BCUT2D eigenvalue weighted by atomic mass is 127. The first kappa shape index (κ1) is 18.0. The van der Waals surface area contributed by atoms with Gasteiger partial charge < -0.3 is 15.7 Å². The molecule has 0 atom stereocenters. The van der Waals surface area contributed by atoms with Crippen LogP contribution in [0.5, 0.6) is 5.75 Å². The summed E-state index contributed by atoms with van der Waals surface area (Å²) >= 11 is 0. The summed E-state index contributed by atoms with van der Waals surface area (Å²) in [7, 11) is 1.78. The molecule has 0 aliphatic carbocycles. The molecule has 1 aromatic rings. The van der Waals surface area contributed by atoms with Crippen molar-refractivity contribution in [3.63, 3.8) is 0 Å². The molecule has 0 spiro atoms. The summed E-state index contributed by atoms with van der Waals surface area (Å²) in [5.41, 5.74) is 1.24. The van der Waals surface area contributed by atoms with Gasteiger partial charge in [-0.2, -0.15) is 0 Å². The molecule has 0 bridgehead atoms. The van der Waals surface area contributed by atoms with Gasteiger partial charge in [0.1, 0.15) is 5.75 Å². The first-order valence-corrected chi connectivity index (χ1v) is 6.37.